The number of hydrogen-bond donors (Lipinski definition) is 1. The lowest BCUT2D eigenvalue weighted by molar-refractivity contribution is -0.126. The molecule has 0 saturated carbocycles. The number of hydrogen-bond acceptors (Lipinski definition) is 7. The molecule has 0 radical (unpaired) electrons. The molecule has 1 N–H and O–H groups in total. The summed E-state index contributed by atoms with van der Waals surface area (Å²) in [4.78, 5) is 23.3. The molecule has 1 saturated heterocycles. The maximum absolute atomic E-state index is 12.6. The summed E-state index contributed by atoms with van der Waals surface area (Å²) in [5, 5.41) is 7.17. The summed E-state index contributed by atoms with van der Waals surface area (Å²) in [6.45, 7) is 3.69. The van der Waals surface area contributed by atoms with E-state index >= 15 is 0 Å². The van der Waals surface area contributed by atoms with E-state index in [9.17, 15) is 4.79 Å². The van der Waals surface area contributed by atoms with Gasteiger partial charge in [0, 0.05) is 37.6 Å². The summed E-state index contributed by atoms with van der Waals surface area (Å²) in [6.07, 6.45) is 8.25. The molecule has 164 valence electrons. The molecule has 1 unspecified atom stereocenters. The molecule has 1 fully saturated rings. The first-order valence-electron chi connectivity index (χ1n) is 10.6. The number of benzene rings is 1. The number of likely N-dealkylation sites (tertiary alicyclic amines) is 1. The Labute approximate surface area is 181 Å². The molecule has 3 aromatic rings. The van der Waals surface area contributed by atoms with Crippen LogP contribution in [0.2, 0.25) is 0 Å². The Bertz CT molecular complexity index is 954. The lowest BCUT2D eigenvalue weighted by Crippen LogP contribution is -2.43. The zero-order valence-corrected chi connectivity index (χ0v) is 17.7. The average Bonchev–Trinajstić information content (AvgIpc) is 3.49. The maximum atomic E-state index is 12.6. The van der Waals surface area contributed by atoms with Gasteiger partial charge in [-0.2, -0.15) is 4.98 Å². The highest BCUT2D eigenvalue weighted by Gasteiger charge is 2.26. The third-order valence-electron chi connectivity index (χ3n) is 5.50. The van der Waals surface area contributed by atoms with Crippen molar-refractivity contribution in [1.82, 2.24) is 29.9 Å². The van der Waals surface area contributed by atoms with Gasteiger partial charge in [-0.3, -0.25) is 9.69 Å². The molecule has 1 aliphatic rings. The quantitative estimate of drug-likeness (QED) is 0.527. The van der Waals surface area contributed by atoms with Gasteiger partial charge in [0.15, 0.2) is 0 Å². The molecule has 3 heterocycles. The zero-order chi connectivity index (χ0) is 21.5. The normalized spacial score (nSPS) is 16.9. The van der Waals surface area contributed by atoms with Crippen LogP contribution in [0.25, 0.3) is 11.4 Å². The number of piperidine rings is 1. The van der Waals surface area contributed by atoms with Gasteiger partial charge >= 0.3 is 0 Å². The lowest BCUT2D eigenvalue weighted by Gasteiger charge is -2.30. The minimum absolute atomic E-state index is 0.00836. The molecule has 31 heavy (non-hydrogen) atoms. The number of methoxy groups -OCH3 is 1. The summed E-state index contributed by atoms with van der Waals surface area (Å²) in [5.41, 5.74) is 0.877. The van der Waals surface area contributed by atoms with Gasteiger partial charge in [0.2, 0.25) is 17.6 Å². The summed E-state index contributed by atoms with van der Waals surface area (Å²) >= 11 is 0. The number of nitrogens with zero attached hydrogens (tertiary/aromatic N) is 5. The van der Waals surface area contributed by atoms with Crippen molar-refractivity contribution in [3.05, 3.63) is 48.9 Å². The smallest absolute Gasteiger partial charge is 0.241 e. The van der Waals surface area contributed by atoms with Gasteiger partial charge in [-0.25, -0.2) is 4.98 Å². The van der Waals surface area contributed by atoms with Gasteiger partial charge in [-0.05, 0) is 50.1 Å². The van der Waals surface area contributed by atoms with Gasteiger partial charge in [-0.15, -0.1) is 0 Å². The standard InChI is InChI=1S/C22H28N6O3/c1-30-19-7-5-17(6-8-19)21-25-20(31-26-21)15-28-11-2-4-18(14-28)22(29)24-9-3-12-27-13-10-23-16-27/h5-8,10,13,16,18H,2-4,9,11-12,14-15H2,1H3,(H,24,29). The Morgan fingerprint density at radius 1 is 1.32 bits per heavy atom. The number of aromatic nitrogens is 4. The second kappa shape index (κ2) is 10.2. The molecular weight excluding hydrogens is 396 g/mol. The maximum Gasteiger partial charge on any atom is 0.241 e. The fourth-order valence-electron chi connectivity index (χ4n) is 3.82. The highest BCUT2D eigenvalue weighted by Crippen LogP contribution is 2.22. The molecular formula is C22H28N6O3. The molecule has 1 aromatic carbocycles. The molecule has 0 bridgehead atoms. The van der Waals surface area contributed by atoms with E-state index in [-0.39, 0.29) is 11.8 Å². The zero-order valence-electron chi connectivity index (χ0n) is 17.7. The second-order valence-electron chi connectivity index (χ2n) is 7.76. The predicted octanol–water partition coefficient (Wildman–Crippen LogP) is 2.36. The predicted molar refractivity (Wildman–Crippen MR) is 114 cm³/mol. The van der Waals surface area contributed by atoms with Crippen molar-refractivity contribution in [2.45, 2.75) is 32.4 Å². The van der Waals surface area contributed by atoms with Gasteiger partial charge in [0.05, 0.1) is 25.9 Å². The number of amides is 1. The van der Waals surface area contributed by atoms with Gasteiger partial charge in [0.25, 0.3) is 0 Å². The number of nitrogens with one attached hydrogen (secondary N) is 1. The topological polar surface area (TPSA) is 98.3 Å². The van der Waals surface area contributed by atoms with E-state index in [0.717, 1.165) is 43.7 Å². The number of aryl methyl sites for hydroxylation is 1. The van der Waals surface area contributed by atoms with Crippen molar-refractivity contribution < 1.29 is 14.1 Å². The van der Waals surface area contributed by atoms with Crippen LogP contribution in [0, 0.1) is 5.92 Å². The monoisotopic (exact) mass is 424 g/mol. The molecule has 1 atom stereocenters. The van der Waals surface area contributed by atoms with Gasteiger partial charge < -0.3 is 19.1 Å². The molecule has 1 amide bonds. The Morgan fingerprint density at radius 2 is 2.19 bits per heavy atom. The number of carbonyl (C=O) groups is 1. The fourth-order valence-corrected chi connectivity index (χ4v) is 3.82. The SMILES string of the molecule is COc1ccc(-c2noc(CN3CCCC(C(=O)NCCCn4ccnc4)C3)n2)cc1. The van der Waals surface area contributed by atoms with Crippen molar-refractivity contribution in [2.75, 3.05) is 26.7 Å². The lowest BCUT2D eigenvalue weighted by atomic mass is 9.97. The third-order valence-corrected chi connectivity index (χ3v) is 5.50. The third kappa shape index (κ3) is 5.69. The first-order chi connectivity index (χ1) is 15.2. The Kier molecular flexibility index (Phi) is 6.93. The van der Waals surface area contributed by atoms with Crippen LogP contribution in [0.1, 0.15) is 25.2 Å². The largest absolute Gasteiger partial charge is 0.497 e. The molecule has 0 spiro atoms. The van der Waals surface area contributed by atoms with Crippen LogP contribution in [0.3, 0.4) is 0 Å². The van der Waals surface area contributed by atoms with Crippen LogP contribution in [0.4, 0.5) is 0 Å². The number of imidazole rings is 1. The molecule has 0 aliphatic carbocycles. The molecule has 1 aliphatic heterocycles. The van der Waals surface area contributed by atoms with E-state index < -0.39 is 0 Å². The van der Waals surface area contributed by atoms with E-state index in [1.807, 2.05) is 35.0 Å². The summed E-state index contributed by atoms with van der Waals surface area (Å²) < 4.78 is 12.6. The van der Waals surface area contributed by atoms with E-state index in [1.54, 1.807) is 19.6 Å². The number of ether oxygens (including phenoxy) is 1. The summed E-state index contributed by atoms with van der Waals surface area (Å²) in [7, 11) is 1.63. The van der Waals surface area contributed by atoms with Crippen molar-refractivity contribution in [3.8, 4) is 17.1 Å². The Morgan fingerprint density at radius 3 is 2.97 bits per heavy atom. The van der Waals surface area contributed by atoms with Crippen LogP contribution in [0.15, 0.2) is 47.5 Å². The molecule has 9 nitrogen and oxygen atoms in total. The number of rotatable bonds is 9. The average molecular weight is 425 g/mol. The summed E-state index contributed by atoms with van der Waals surface area (Å²) in [6, 6.07) is 7.55. The highest BCUT2D eigenvalue weighted by molar-refractivity contribution is 5.78. The fraction of sp³-hybridized carbons (Fsp3) is 0.455. The Balaban J connectivity index is 1.24. The summed E-state index contributed by atoms with van der Waals surface area (Å²) in [5.74, 6) is 2.02. The van der Waals surface area contributed by atoms with Crippen LogP contribution in [-0.2, 0) is 17.9 Å². The highest BCUT2D eigenvalue weighted by atomic mass is 16.5. The first kappa shape index (κ1) is 21.0. The number of carbonyl (C=O) groups excluding carboxylic acids is 1. The van der Waals surface area contributed by atoms with Crippen LogP contribution in [-0.4, -0.2) is 57.2 Å². The minimum atomic E-state index is -0.00836. The van der Waals surface area contributed by atoms with Gasteiger partial charge in [-0.1, -0.05) is 5.16 Å². The van der Waals surface area contributed by atoms with Crippen molar-refractivity contribution >= 4 is 5.91 Å². The van der Waals surface area contributed by atoms with E-state index in [2.05, 4.69) is 25.3 Å². The van der Waals surface area contributed by atoms with E-state index in [0.29, 0.717) is 31.3 Å². The van der Waals surface area contributed by atoms with Crippen LogP contribution >= 0.6 is 0 Å². The minimum Gasteiger partial charge on any atom is -0.497 e. The Hall–Kier alpha value is -3.20. The molecule has 4 rings (SSSR count). The second-order valence-corrected chi connectivity index (χ2v) is 7.76. The van der Waals surface area contributed by atoms with E-state index in [1.165, 1.54) is 0 Å². The van der Waals surface area contributed by atoms with Crippen molar-refractivity contribution in [1.29, 1.82) is 0 Å². The molecule has 2 aromatic heterocycles. The van der Waals surface area contributed by atoms with Gasteiger partial charge in [0.1, 0.15) is 5.75 Å². The molecule has 9 heteroatoms. The van der Waals surface area contributed by atoms with Crippen LogP contribution in [0.5, 0.6) is 5.75 Å². The first-order valence-corrected chi connectivity index (χ1v) is 10.6. The van der Waals surface area contributed by atoms with Crippen LogP contribution < -0.4 is 10.1 Å². The van der Waals surface area contributed by atoms with Crippen molar-refractivity contribution in [3.63, 3.8) is 0 Å². The van der Waals surface area contributed by atoms with Crippen molar-refractivity contribution in [2.24, 2.45) is 5.92 Å². The van der Waals surface area contributed by atoms with E-state index in [4.69, 9.17) is 9.26 Å².